The molecule has 1 saturated carbocycles. The molecule has 19 heteroatoms. The Kier molecular flexibility index (Phi) is 37.6. The summed E-state index contributed by atoms with van der Waals surface area (Å²) in [6.45, 7) is 13.6. The van der Waals surface area contributed by atoms with Crippen LogP contribution in [-0.2, 0) is 52.3 Å². The Morgan fingerprint density at radius 1 is 0.432 bits per heavy atom. The van der Waals surface area contributed by atoms with Crippen molar-refractivity contribution in [3.05, 3.63) is 125 Å². The minimum Gasteiger partial charge on any atom is -0.493 e. The van der Waals surface area contributed by atoms with Gasteiger partial charge < -0.3 is 66.3 Å². The summed E-state index contributed by atoms with van der Waals surface area (Å²) in [5.74, 6) is 2.74. The molecule has 0 N–H and O–H groups in total. The molecule has 1 atom stereocenters. The molecule has 0 heterocycles. The Hall–Kier alpha value is -8.35. The minimum atomic E-state index is -0.507. The minimum absolute atomic E-state index is 0.0226. The number of benzene rings is 3. The standard InChI is InChI=1S/C73H98O19.C3H8/c1-10-73(53-72(73,2)3)71(78)92-47-26-18-17-25-46-91-70(77)57-51-64(88-43-22-13-11-20-41-86-59-35-30-55(49-62(59)80-5)33-38-67(75)83-8)69(90-45-24-16-15-19-40-85-58-29-27-28-54(48-61(58)79-4)32-37-66(74)82-7)65(52-57)89-44-23-14-12-21-42-87-60-36-31-56(50-63(60)81-6)34-39-68(76)84-9;1-3-2/h28-39,48-52H,10-27,40-47,53H2,1-9H3;3H2,1-2H3/b37-32+,38-33+,39-34+;. The van der Waals surface area contributed by atoms with Gasteiger partial charge in [-0.25, -0.2) is 19.2 Å². The van der Waals surface area contributed by atoms with Gasteiger partial charge in [0.05, 0.1) is 106 Å². The molecule has 19 nitrogen and oxygen atoms in total. The van der Waals surface area contributed by atoms with Gasteiger partial charge in [0.2, 0.25) is 5.75 Å². The van der Waals surface area contributed by atoms with E-state index >= 15 is 0 Å². The maximum Gasteiger partial charge on any atom is 0.338 e. The van der Waals surface area contributed by atoms with Gasteiger partial charge in [0, 0.05) is 18.2 Å². The number of hydrogen-bond acceptors (Lipinski definition) is 19. The number of unbranched alkanes of at least 4 members (excludes halogenated alkanes) is 12. The van der Waals surface area contributed by atoms with Crippen LogP contribution >= 0.6 is 0 Å². The van der Waals surface area contributed by atoms with Crippen molar-refractivity contribution in [2.45, 2.75) is 163 Å². The summed E-state index contributed by atoms with van der Waals surface area (Å²) in [6.07, 6.45) is 30.9. The monoisotopic (exact) mass is 1320 g/mol. The number of rotatable bonds is 46. The fourth-order valence-corrected chi connectivity index (χ4v) is 10.3. The summed E-state index contributed by atoms with van der Waals surface area (Å²) in [5, 5.41) is 0. The van der Waals surface area contributed by atoms with Crippen LogP contribution in [0.25, 0.3) is 12.2 Å². The van der Waals surface area contributed by atoms with Crippen LogP contribution < -0.4 is 33.2 Å². The van der Waals surface area contributed by atoms with Crippen LogP contribution in [0, 0.1) is 10.8 Å². The van der Waals surface area contributed by atoms with Crippen LogP contribution in [-0.4, -0.2) is 125 Å². The smallest absolute Gasteiger partial charge is 0.338 e. The lowest BCUT2D eigenvalue weighted by Crippen LogP contribution is -2.23. The third-order valence-corrected chi connectivity index (χ3v) is 16.0. The number of carbonyl (C=O) groups excluding carboxylic acids is 5. The van der Waals surface area contributed by atoms with E-state index < -0.39 is 23.9 Å². The molecule has 2 aliphatic carbocycles. The molecule has 0 aliphatic heterocycles. The van der Waals surface area contributed by atoms with Crippen LogP contribution in [0.1, 0.15) is 185 Å². The average Bonchev–Trinajstić information content (AvgIpc) is 1.56. The molecule has 0 spiro atoms. The zero-order valence-corrected chi connectivity index (χ0v) is 58.4. The fourth-order valence-electron chi connectivity index (χ4n) is 10.3. The largest absolute Gasteiger partial charge is 0.493 e. The van der Waals surface area contributed by atoms with Crippen LogP contribution in [0.5, 0.6) is 40.2 Å². The van der Waals surface area contributed by atoms with E-state index in [0.29, 0.717) is 124 Å². The van der Waals surface area contributed by atoms with E-state index in [4.69, 9.17) is 66.3 Å². The second kappa shape index (κ2) is 45.1. The van der Waals surface area contributed by atoms with Crippen molar-refractivity contribution in [3.63, 3.8) is 0 Å². The zero-order chi connectivity index (χ0) is 69.1. The third-order valence-electron chi connectivity index (χ3n) is 16.0. The third kappa shape index (κ3) is 28.6. The average molecular weight is 1320 g/mol. The van der Waals surface area contributed by atoms with Gasteiger partial charge in [0.1, 0.15) is 0 Å². The summed E-state index contributed by atoms with van der Waals surface area (Å²) in [5.41, 5.74) is 2.23. The molecular formula is C76H106O19. The van der Waals surface area contributed by atoms with Crippen molar-refractivity contribution in [2.24, 2.45) is 10.8 Å². The van der Waals surface area contributed by atoms with Crippen molar-refractivity contribution in [3.8, 4) is 40.2 Å². The molecule has 0 amide bonds. The Morgan fingerprint density at radius 2 is 0.832 bits per heavy atom. The molecule has 0 radical (unpaired) electrons. The summed E-state index contributed by atoms with van der Waals surface area (Å²) in [7, 11) is 8.71. The van der Waals surface area contributed by atoms with Crippen LogP contribution in [0.3, 0.4) is 0 Å². The van der Waals surface area contributed by atoms with Crippen molar-refractivity contribution >= 4 is 42.0 Å². The first kappa shape index (κ1) is 79.1. The Bertz CT molecular complexity index is 2910. The molecule has 1 fully saturated rings. The van der Waals surface area contributed by atoms with E-state index in [2.05, 4.69) is 27.7 Å². The van der Waals surface area contributed by atoms with Crippen LogP contribution in [0.2, 0.25) is 0 Å². The summed E-state index contributed by atoms with van der Waals surface area (Å²) in [4.78, 5) is 61.7. The lowest BCUT2D eigenvalue weighted by atomic mass is 9.93. The van der Waals surface area contributed by atoms with Crippen LogP contribution in [0.15, 0.2) is 108 Å². The maximum absolute atomic E-state index is 13.9. The number of ether oxygens (including phenoxy) is 14. The van der Waals surface area contributed by atoms with Gasteiger partial charge in [-0.15, -0.1) is 0 Å². The first-order chi connectivity index (χ1) is 46.0. The number of hydrogen-bond donors (Lipinski definition) is 0. The lowest BCUT2D eigenvalue weighted by Gasteiger charge is -2.19. The Morgan fingerprint density at radius 3 is 1.24 bits per heavy atom. The highest BCUT2D eigenvalue weighted by atomic mass is 16.6. The SMILES string of the molecule is CCC.CCC1(C(=O)OCCCCCCOC(=O)c2cc(OCCCCCCOc3ccc(/C=C/C(=O)OC)cc3OC)c(OCCCCCCOC3=CCC=C(/C=C/C(=O)OC)C=C3OC)c(OCCCCCCOc3ccc(/C=C/C(=O)OC)cc3OC)c2)CC1(C)C. The molecule has 1 unspecified atom stereocenters. The quantitative estimate of drug-likeness (QED) is 0.0222. The number of esters is 5. The molecule has 0 saturated heterocycles. The summed E-state index contributed by atoms with van der Waals surface area (Å²) in [6, 6.07) is 14.3. The summed E-state index contributed by atoms with van der Waals surface area (Å²) >= 11 is 0. The van der Waals surface area contributed by atoms with Gasteiger partial charge in [-0.2, -0.15) is 0 Å². The van der Waals surface area contributed by atoms with E-state index in [1.807, 2.05) is 49.4 Å². The van der Waals surface area contributed by atoms with Gasteiger partial charge >= 0.3 is 29.8 Å². The fraction of sp³-hybridized carbons (Fsp3) is 0.539. The molecular weight excluding hydrogens is 1220 g/mol. The van der Waals surface area contributed by atoms with Gasteiger partial charge in [-0.3, -0.25) is 4.79 Å². The Balaban J connectivity index is 0.00000628. The predicted octanol–water partition coefficient (Wildman–Crippen LogP) is 16.0. The number of methoxy groups -OCH3 is 6. The van der Waals surface area contributed by atoms with Gasteiger partial charge in [-0.1, -0.05) is 59.2 Å². The van der Waals surface area contributed by atoms with Crippen molar-refractivity contribution in [2.75, 3.05) is 95.5 Å². The van der Waals surface area contributed by atoms with Gasteiger partial charge in [0.25, 0.3) is 0 Å². The van der Waals surface area contributed by atoms with Gasteiger partial charge in [-0.05, 0) is 211 Å². The lowest BCUT2D eigenvalue weighted by molar-refractivity contribution is -0.152. The normalized spacial score (nSPS) is 14.6. The maximum atomic E-state index is 13.9. The molecule has 3 aromatic rings. The van der Waals surface area contributed by atoms with E-state index in [9.17, 15) is 24.0 Å². The Labute approximate surface area is 564 Å². The predicted molar refractivity (Wildman–Crippen MR) is 367 cm³/mol. The second-order valence-electron chi connectivity index (χ2n) is 23.6. The zero-order valence-electron chi connectivity index (χ0n) is 58.4. The molecule has 0 bridgehead atoms. The number of carbonyl (C=O) groups is 5. The van der Waals surface area contributed by atoms with Gasteiger partial charge in [0.15, 0.2) is 46.0 Å². The van der Waals surface area contributed by atoms with E-state index in [-0.39, 0.29) is 29.0 Å². The number of allylic oxidation sites excluding steroid dienone is 5. The molecule has 0 aromatic heterocycles. The van der Waals surface area contributed by atoms with Crippen molar-refractivity contribution in [1.82, 2.24) is 0 Å². The molecule has 3 aromatic carbocycles. The molecule has 95 heavy (non-hydrogen) atoms. The molecule has 5 rings (SSSR count). The van der Waals surface area contributed by atoms with E-state index in [0.717, 1.165) is 113 Å². The topological polar surface area (TPSA) is 215 Å². The highest BCUT2D eigenvalue weighted by molar-refractivity contribution is 5.91. The first-order valence-electron chi connectivity index (χ1n) is 33.7. The van der Waals surface area contributed by atoms with E-state index in [1.165, 1.54) is 46.0 Å². The summed E-state index contributed by atoms with van der Waals surface area (Å²) < 4.78 is 80.4. The molecule has 524 valence electrons. The van der Waals surface area contributed by atoms with Crippen molar-refractivity contribution in [1.29, 1.82) is 0 Å². The van der Waals surface area contributed by atoms with Crippen LogP contribution in [0.4, 0.5) is 0 Å². The highest BCUT2D eigenvalue weighted by Gasteiger charge is 2.65. The highest BCUT2D eigenvalue weighted by Crippen LogP contribution is 2.66. The molecule has 2 aliphatic rings. The first-order valence-corrected chi connectivity index (χ1v) is 33.7. The van der Waals surface area contributed by atoms with Crippen molar-refractivity contribution < 1.29 is 90.3 Å². The van der Waals surface area contributed by atoms with E-state index in [1.54, 1.807) is 63.8 Å². The second-order valence-corrected chi connectivity index (χ2v) is 23.6.